The number of nitrogens with one attached hydrogen (secondary N) is 1. The van der Waals surface area contributed by atoms with Crippen LogP contribution >= 0.6 is 15.9 Å². The van der Waals surface area contributed by atoms with Gasteiger partial charge in [-0.2, -0.15) is 0 Å². The van der Waals surface area contributed by atoms with Gasteiger partial charge in [-0.1, -0.05) is 33.6 Å². The lowest BCUT2D eigenvalue weighted by molar-refractivity contribution is -0.144. The molecule has 7 heteroatoms. The molecule has 1 N–H and O–H groups in total. The molecule has 0 amide bonds. The molecule has 120 valence electrons. The van der Waals surface area contributed by atoms with Crippen LogP contribution in [0, 0.1) is 6.92 Å². The van der Waals surface area contributed by atoms with E-state index in [-0.39, 0.29) is 23.0 Å². The third-order valence-corrected chi connectivity index (χ3v) is 5.67. The van der Waals surface area contributed by atoms with E-state index >= 15 is 0 Å². The van der Waals surface area contributed by atoms with Crippen molar-refractivity contribution in [2.75, 3.05) is 0 Å². The van der Waals surface area contributed by atoms with E-state index in [1.807, 2.05) is 6.92 Å². The van der Waals surface area contributed by atoms with Crippen LogP contribution in [0.5, 0.6) is 0 Å². The average Bonchev–Trinajstić information content (AvgIpc) is 2.41. The van der Waals surface area contributed by atoms with Crippen molar-refractivity contribution in [3.63, 3.8) is 0 Å². The zero-order valence-corrected chi connectivity index (χ0v) is 14.8. The molecule has 1 aliphatic carbocycles. The number of aryl methyl sites for hydroxylation is 1. The van der Waals surface area contributed by atoms with Crippen LogP contribution in [0.3, 0.4) is 0 Å². The molecule has 0 spiro atoms. The average molecular weight is 388 g/mol. The molecule has 0 fully saturated rings. The minimum absolute atomic E-state index is 0.237. The quantitative estimate of drug-likeness (QED) is 0.805. The van der Waals surface area contributed by atoms with Gasteiger partial charge in [-0.3, -0.25) is 4.79 Å². The number of benzene rings is 1. The molecule has 0 unspecified atom stereocenters. The number of carbonyl (C=O) groups is 1. The Balaban J connectivity index is 2.10. The number of halogens is 1. The van der Waals surface area contributed by atoms with Gasteiger partial charge >= 0.3 is 5.97 Å². The van der Waals surface area contributed by atoms with E-state index in [0.717, 1.165) is 5.56 Å². The van der Waals surface area contributed by atoms with Gasteiger partial charge in [-0.15, -0.1) is 0 Å². The van der Waals surface area contributed by atoms with Crippen molar-refractivity contribution in [1.82, 2.24) is 4.72 Å². The lowest BCUT2D eigenvalue weighted by Crippen LogP contribution is -2.38. The highest BCUT2D eigenvalue weighted by atomic mass is 79.9. The van der Waals surface area contributed by atoms with Gasteiger partial charge in [0.1, 0.15) is 6.10 Å². The summed E-state index contributed by atoms with van der Waals surface area (Å²) in [4.78, 5) is 11.2. The Kier molecular flexibility index (Phi) is 5.41. The molecule has 5 nitrogen and oxygen atoms in total. The Hall–Kier alpha value is -1.18. The summed E-state index contributed by atoms with van der Waals surface area (Å²) in [5.41, 5.74) is 1.00. The Bertz CT molecular complexity index is 682. The fourth-order valence-electron chi connectivity index (χ4n) is 2.24. The van der Waals surface area contributed by atoms with Crippen LogP contribution < -0.4 is 4.72 Å². The number of sulfonamides is 1. The highest BCUT2D eigenvalue weighted by molar-refractivity contribution is 9.11. The SMILES string of the molecule is CC(=O)O[C@@H]1C=C(Br)[C@@H](NS(=O)(=O)c2ccc(C)cc2)CC1. The fraction of sp³-hybridized carbons (Fsp3) is 0.400. The third kappa shape index (κ3) is 4.41. The van der Waals surface area contributed by atoms with E-state index in [4.69, 9.17) is 4.74 Å². The summed E-state index contributed by atoms with van der Waals surface area (Å²) in [5, 5.41) is 0. The van der Waals surface area contributed by atoms with Gasteiger partial charge in [-0.05, 0) is 38.0 Å². The molecule has 1 aromatic rings. The van der Waals surface area contributed by atoms with E-state index in [0.29, 0.717) is 17.3 Å². The van der Waals surface area contributed by atoms with E-state index in [2.05, 4.69) is 20.7 Å². The molecule has 2 atom stereocenters. The largest absolute Gasteiger partial charge is 0.458 e. The van der Waals surface area contributed by atoms with Gasteiger partial charge in [0.25, 0.3) is 0 Å². The number of rotatable bonds is 4. The van der Waals surface area contributed by atoms with Crippen molar-refractivity contribution in [3.8, 4) is 0 Å². The third-order valence-electron chi connectivity index (χ3n) is 3.36. The van der Waals surface area contributed by atoms with Crippen LogP contribution in [0.25, 0.3) is 0 Å². The van der Waals surface area contributed by atoms with Gasteiger partial charge in [0, 0.05) is 11.4 Å². The zero-order chi connectivity index (χ0) is 16.3. The van der Waals surface area contributed by atoms with E-state index < -0.39 is 10.0 Å². The maximum absolute atomic E-state index is 12.4. The first-order chi connectivity index (χ1) is 10.3. The predicted octanol–water partition coefficient (Wildman–Crippen LogP) is 2.65. The first-order valence-electron chi connectivity index (χ1n) is 6.91. The molecule has 0 radical (unpaired) electrons. The van der Waals surface area contributed by atoms with Crippen LogP contribution in [0.2, 0.25) is 0 Å². The summed E-state index contributed by atoms with van der Waals surface area (Å²) in [6.45, 7) is 3.26. The Morgan fingerprint density at radius 2 is 1.91 bits per heavy atom. The summed E-state index contributed by atoms with van der Waals surface area (Å²) in [6.07, 6.45) is 2.55. The summed E-state index contributed by atoms with van der Waals surface area (Å²) in [5.74, 6) is -0.347. The van der Waals surface area contributed by atoms with Gasteiger partial charge in [0.2, 0.25) is 10.0 Å². The maximum Gasteiger partial charge on any atom is 0.303 e. The van der Waals surface area contributed by atoms with Crippen LogP contribution in [0.4, 0.5) is 0 Å². The minimum Gasteiger partial charge on any atom is -0.458 e. The molecule has 0 heterocycles. The maximum atomic E-state index is 12.4. The topological polar surface area (TPSA) is 72.5 Å². The predicted molar refractivity (Wildman–Crippen MR) is 87.1 cm³/mol. The van der Waals surface area contributed by atoms with E-state index in [1.165, 1.54) is 6.92 Å². The standard InChI is InChI=1S/C15H18BrNO4S/c1-10-3-6-13(7-4-10)22(19,20)17-15-8-5-12(9-14(15)16)21-11(2)18/h3-4,6-7,9,12,15,17H,5,8H2,1-2H3/t12-,15-/m0/s1. The molecule has 0 saturated carbocycles. The highest BCUT2D eigenvalue weighted by Gasteiger charge is 2.27. The van der Waals surface area contributed by atoms with Crippen molar-refractivity contribution >= 4 is 31.9 Å². The van der Waals surface area contributed by atoms with Gasteiger partial charge in [-0.25, -0.2) is 13.1 Å². The van der Waals surface area contributed by atoms with E-state index in [9.17, 15) is 13.2 Å². The van der Waals surface area contributed by atoms with Crippen molar-refractivity contribution < 1.29 is 17.9 Å². The number of esters is 1. The Morgan fingerprint density at radius 3 is 2.45 bits per heavy atom. The van der Waals surface area contributed by atoms with Crippen LogP contribution in [-0.4, -0.2) is 26.5 Å². The molecule has 2 rings (SSSR count). The van der Waals surface area contributed by atoms with Crippen molar-refractivity contribution in [2.24, 2.45) is 0 Å². The zero-order valence-electron chi connectivity index (χ0n) is 12.4. The van der Waals surface area contributed by atoms with Gasteiger partial charge in [0.05, 0.1) is 10.9 Å². The van der Waals surface area contributed by atoms with E-state index in [1.54, 1.807) is 30.3 Å². The number of hydrogen-bond donors (Lipinski definition) is 1. The van der Waals surface area contributed by atoms with Gasteiger partial charge in [0.15, 0.2) is 0 Å². The molecule has 1 aromatic carbocycles. The minimum atomic E-state index is -3.58. The molecule has 22 heavy (non-hydrogen) atoms. The Morgan fingerprint density at radius 1 is 1.27 bits per heavy atom. The second-order valence-electron chi connectivity index (χ2n) is 5.26. The number of hydrogen-bond acceptors (Lipinski definition) is 4. The molecular formula is C15H18BrNO4S. The fourth-order valence-corrected chi connectivity index (χ4v) is 4.28. The Labute approximate surface area is 138 Å². The molecule has 1 aliphatic rings. The van der Waals surface area contributed by atoms with Crippen molar-refractivity contribution in [1.29, 1.82) is 0 Å². The molecule has 0 aliphatic heterocycles. The molecule has 0 bridgehead atoms. The molecule has 0 aromatic heterocycles. The summed E-state index contributed by atoms with van der Waals surface area (Å²) in [7, 11) is -3.58. The highest BCUT2D eigenvalue weighted by Crippen LogP contribution is 2.26. The second-order valence-corrected chi connectivity index (χ2v) is 7.89. The first kappa shape index (κ1) is 17.2. The lowest BCUT2D eigenvalue weighted by Gasteiger charge is -2.26. The van der Waals surface area contributed by atoms with Crippen LogP contribution in [-0.2, 0) is 19.6 Å². The molecular weight excluding hydrogens is 370 g/mol. The summed E-state index contributed by atoms with van der Waals surface area (Å²) >= 11 is 3.36. The summed E-state index contributed by atoms with van der Waals surface area (Å²) in [6, 6.07) is 6.34. The second kappa shape index (κ2) is 6.93. The molecule has 0 saturated heterocycles. The smallest absolute Gasteiger partial charge is 0.303 e. The number of ether oxygens (including phenoxy) is 1. The van der Waals surface area contributed by atoms with Gasteiger partial charge < -0.3 is 4.74 Å². The normalized spacial score (nSPS) is 22.0. The first-order valence-corrected chi connectivity index (χ1v) is 9.19. The lowest BCUT2D eigenvalue weighted by atomic mass is 10.0. The van der Waals surface area contributed by atoms with Crippen LogP contribution in [0.1, 0.15) is 25.3 Å². The summed E-state index contributed by atoms with van der Waals surface area (Å²) < 4.78 is 33.2. The van der Waals surface area contributed by atoms with Crippen molar-refractivity contribution in [2.45, 2.75) is 43.7 Å². The van der Waals surface area contributed by atoms with Crippen molar-refractivity contribution in [3.05, 3.63) is 40.4 Å². The monoisotopic (exact) mass is 387 g/mol. The van der Waals surface area contributed by atoms with Crippen LogP contribution in [0.15, 0.2) is 39.7 Å². The number of carbonyl (C=O) groups excluding carboxylic acids is 1.